The van der Waals surface area contributed by atoms with E-state index in [1.807, 2.05) is 0 Å². The molecule has 1 saturated heterocycles. The number of amides is 3. The molecule has 0 atom stereocenters. The van der Waals surface area contributed by atoms with Gasteiger partial charge in [0.05, 0.1) is 52.9 Å². The Morgan fingerprint density at radius 3 is 1.53 bits per heavy atom. The number of hydrogen-bond donors (Lipinski definition) is 1. The molecule has 0 aromatic carbocycles. The number of rotatable bonds is 23. The largest absolute Gasteiger partial charge is 0.382 e. The van der Waals surface area contributed by atoms with Crippen molar-refractivity contribution in [1.29, 1.82) is 0 Å². The van der Waals surface area contributed by atoms with E-state index in [4.69, 9.17) is 33.3 Å². The van der Waals surface area contributed by atoms with Crippen molar-refractivity contribution in [1.82, 2.24) is 10.4 Å². The maximum absolute atomic E-state index is 11.5. The third-order valence-electron chi connectivity index (χ3n) is 4.95. The summed E-state index contributed by atoms with van der Waals surface area (Å²) in [5.41, 5.74) is 0. The van der Waals surface area contributed by atoms with Gasteiger partial charge in [-0.15, -0.1) is 5.06 Å². The van der Waals surface area contributed by atoms with Gasteiger partial charge < -0.3 is 38.6 Å². The van der Waals surface area contributed by atoms with Crippen LogP contribution in [0.1, 0.15) is 51.4 Å². The van der Waals surface area contributed by atoms with E-state index < -0.39 is 17.8 Å². The molecule has 0 radical (unpaired) electrons. The maximum Gasteiger partial charge on any atom is 0.333 e. The number of hydroxylamine groups is 2. The van der Waals surface area contributed by atoms with Crippen molar-refractivity contribution in [2.75, 3.05) is 87.3 Å². The summed E-state index contributed by atoms with van der Waals surface area (Å²) in [6.45, 7) is 5.72. The molecule has 0 saturated carbocycles. The first-order valence-corrected chi connectivity index (χ1v) is 13.0. The molecule has 0 aliphatic carbocycles. The highest BCUT2D eigenvalue weighted by molar-refractivity contribution is 6.01. The molecule has 1 aliphatic rings. The molecule has 1 N–H and O–H groups in total. The fourth-order valence-electron chi connectivity index (χ4n) is 2.82. The van der Waals surface area contributed by atoms with Gasteiger partial charge in [0.1, 0.15) is 0 Å². The molecule has 13 heteroatoms. The van der Waals surface area contributed by atoms with Crippen LogP contribution in [-0.4, -0.2) is 116 Å². The summed E-state index contributed by atoms with van der Waals surface area (Å²) in [5, 5.41) is 3.15. The van der Waals surface area contributed by atoms with E-state index in [9.17, 15) is 19.2 Å². The van der Waals surface area contributed by atoms with Crippen molar-refractivity contribution in [3.63, 3.8) is 0 Å². The molecule has 0 unspecified atom stereocenters. The van der Waals surface area contributed by atoms with E-state index in [-0.39, 0.29) is 25.2 Å². The summed E-state index contributed by atoms with van der Waals surface area (Å²) in [5.74, 6) is -1.42. The number of unbranched alkanes of at least 4 members (excludes halogenated alkanes) is 2. The van der Waals surface area contributed by atoms with Gasteiger partial charge in [0.15, 0.2) is 0 Å². The minimum atomic E-state index is -0.577. The Balaban J connectivity index is 0.000000761. The van der Waals surface area contributed by atoms with E-state index in [0.29, 0.717) is 90.4 Å². The molecule has 222 valence electrons. The molecule has 0 spiro atoms. The Morgan fingerprint density at radius 2 is 1.08 bits per heavy atom. The van der Waals surface area contributed by atoms with Crippen LogP contribution < -0.4 is 5.32 Å². The Morgan fingerprint density at radius 1 is 0.658 bits per heavy atom. The second kappa shape index (κ2) is 26.4. The number of methoxy groups -OCH3 is 2. The number of ether oxygens (including phenoxy) is 6. The lowest BCUT2D eigenvalue weighted by molar-refractivity contribution is -0.197. The number of hydrogen-bond acceptors (Lipinski definition) is 11. The summed E-state index contributed by atoms with van der Waals surface area (Å²) in [4.78, 5) is 49.6. The highest BCUT2D eigenvalue weighted by atomic mass is 16.7. The summed E-state index contributed by atoms with van der Waals surface area (Å²) in [7, 11) is 4.91. The van der Waals surface area contributed by atoms with Gasteiger partial charge in [-0.1, -0.05) is 0 Å². The first-order valence-electron chi connectivity index (χ1n) is 13.0. The zero-order valence-corrected chi connectivity index (χ0v) is 23.2. The van der Waals surface area contributed by atoms with Crippen LogP contribution in [0.15, 0.2) is 0 Å². The topological polar surface area (TPSA) is 148 Å². The molecule has 1 heterocycles. The Bertz CT molecular complexity index is 618. The third-order valence-corrected chi connectivity index (χ3v) is 4.95. The summed E-state index contributed by atoms with van der Waals surface area (Å²) in [6, 6.07) is 0. The minimum Gasteiger partial charge on any atom is -0.382 e. The smallest absolute Gasteiger partial charge is 0.333 e. The summed E-state index contributed by atoms with van der Waals surface area (Å²) in [6.07, 6.45) is 3.96. The lowest BCUT2D eigenvalue weighted by atomic mass is 10.2. The fourth-order valence-corrected chi connectivity index (χ4v) is 2.82. The maximum atomic E-state index is 11.5. The number of carbonyl (C=O) groups is 4. The molecule has 0 aromatic heterocycles. The highest BCUT2D eigenvalue weighted by Crippen LogP contribution is 2.13. The quantitative estimate of drug-likeness (QED) is 0.144. The normalized spacial score (nSPS) is 12.9. The summed E-state index contributed by atoms with van der Waals surface area (Å²) >= 11 is 0. The average molecular weight is 551 g/mol. The van der Waals surface area contributed by atoms with Gasteiger partial charge in [-0.25, -0.2) is 4.79 Å². The predicted octanol–water partition coefficient (Wildman–Crippen LogP) is 1.03. The fraction of sp³-hybridized carbons (Fsp3) is 0.840. The van der Waals surface area contributed by atoms with Crippen LogP contribution in [-0.2, 0) is 52.4 Å². The molecule has 38 heavy (non-hydrogen) atoms. The number of nitrogens with one attached hydrogen (secondary N) is 1. The van der Waals surface area contributed by atoms with Gasteiger partial charge >= 0.3 is 5.97 Å². The van der Waals surface area contributed by atoms with Crippen LogP contribution >= 0.6 is 0 Å². The molecule has 1 fully saturated rings. The highest BCUT2D eigenvalue weighted by Gasteiger charge is 2.32. The van der Waals surface area contributed by atoms with Crippen molar-refractivity contribution in [2.24, 2.45) is 0 Å². The molecule has 13 nitrogen and oxygen atoms in total. The standard InChI is InChI=1S/C14H23NO7.C11H23NO4/c1-19-8-9-21-11-10-20-7-3-2-4-14(18)22-15-12(16)5-6-13(15)17;1-12-11(13)5-3-4-6-15-9-10-16-8-7-14-2/h2-11H2,1H3;3-10H2,1-2H3,(H,12,13). The molecule has 1 aliphatic heterocycles. The number of carbonyl (C=O) groups excluding carboxylic acids is 4. The molecular formula is C25H46N2O11. The van der Waals surface area contributed by atoms with Crippen LogP contribution in [0.3, 0.4) is 0 Å². The lowest BCUT2D eigenvalue weighted by Gasteiger charge is -2.12. The number of nitrogens with zero attached hydrogens (tertiary/aromatic N) is 1. The van der Waals surface area contributed by atoms with E-state index in [0.717, 1.165) is 12.8 Å². The van der Waals surface area contributed by atoms with Gasteiger partial charge in [-0.3, -0.25) is 14.4 Å². The van der Waals surface area contributed by atoms with E-state index in [1.54, 1.807) is 21.3 Å². The zero-order valence-electron chi connectivity index (χ0n) is 23.2. The van der Waals surface area contributed by atoms with Gasteiger partial charge in [0.2, 0.25) is 5.91 Å². The second-order valence-electron chi connectivity index (χ2n) is 8.07. The predicted molar refractivity (Wildman–Crippen MR) is 136 cm³/mol. The minimum absolute atomic E-state index is 0.0860. The van der Waals surface area contributed by atoms with Crippen molar-refractivity contribution in [2.45, 2.75) is 51.4 Å². The number of imide groups is 1. The van der Waals surface area contributed by atoms with Crippen LogP contribution in [0, 0.1) is 0 Å². The third kappa shape index (κ3) is 21.9. The zero-order chi connectivity index (χ0) is 28.3. The van der Waals surface area contributed by atoms with Crippen LogP contribution in [0.25, 0.3) is 0 Å². The van der Waals surface area contributed by atoms with Crippen molar-refractivity contribution < 1.29 is 52.4 Å². The van der Waals surface area contributed by atoms with Gasteiger partial charge in [0, 0.05) is 60.2 Å². The van der Waals surface area contributed by atoms with Crippen LogP contribution in [0.2, 0.25) is 0 Å². The molecule has 0 aromatic rings. The Hall–Kier alpha value is -2.16. The van der Waals surface area contributed by atoms with Crippen LogP contribution in [0.4, 0.5) is 0 Å². The van der Waals surface area contributed by atoms with Gasteiger partial charge in [-0.05, 0) is 25.7 Å². The first kappa shape index (κ1) is 35.8. The molecule has 1 rings (SSSR count). The van der Waals surface area contributed by atoms with Crippen LogP contribution in [0.5, 0.6) is 0 Å². The monoisotopic (exact) mass is 550 g/mol. The molecule has 3 amide bonds. The second-order valence-corrected chi connectivity index (χ2v) is 8.07. The molecular weight excluding hydrogens is 504 g/mol. The van der Waals surface area contributed by atoms with Gasteiger partial charge in [0.25, 0.3) is 11.8 Å². The van der Waals surface area contributed by atoms with E-state index >= 15 is 0 Å². The average Bonchev–Trinajstić information content (AvgIpc) is 3.23. The Kier molecular flexibility index (Phi) is 24.9. The SMILES string of the molecule is CNC(=O)CCCCOCCOCCOC.COCCOCCOCCCCC(=O)ON1C(=O)CCC1=O. The van der Waals surface area contributed by atoms with Crippen molar-refractivity contribution in [3.05, 3.63) is 0 Å². The molecule has 0 bridgehead atoms. The summed E-state index contributed by atoms with van der Waals surface area (Å²) < 4.78 is 30.8. The van der Waals surface area contributed by atoms with Crippen molar-refractivity contribution >= 4 is 23.7 Å². The van der Waals surface area contributed by atoms with Crippen molar-refractivity contribution in [3.8, 4) is 0 Å². The Labute approximate surface area is 225 Å². The lowest BCUT2D eigenvalue weighted by Crippen LogP contribution is -2.31. The van der Waals surface area contributed by atoms with E-state index in [1.165, 1.54) is 0 Å². The van der Waals surface area contributed by atoms with E-state index in [2.05, 4.69) is 5.32 Å². The van der Waals surface area contributed by atoms with Gasteiger partial charge in [-0.2, -0.15) is 0 Å². The first-order chi connectivity index (χ1) is 18.5.